The second-order valence-electron chi connectivity index (χ2n) is 5.20. The van der Waals surface area contributed by atoms with Crippen LogP contribution in [-0.2, 0) is 6.54 Å². The highest BCUT2D eigenvalue weighted by molar-refractivity contribution is 5.78. The molecule has 4 nitrogen and oxygen atoms in total. The van der Waals surface area contributed by atoms with Crippen LogP contribution in [0.1, 0.15) is 36.3 Å². The van der Waals surface area contributed by atoms with E-state index in [0.717, 1.165) is 35.3 Å². The molecule has 0 aliphatic heterocycles. The zero-order valence-corrected chi connectivity index (χ0v) is 11.8. The normalized spacial score (nSPS) is 12.9. The van der Waals surface area contributed by atoms with E-state index in [0.29, 0.717) is 0 Å². The van der Waals surface area contributed by atoms with Gasteiger partial charge in [-0.05, 0) is 31.5 Å². The third kappa shape index (κ3) is 2.34. The van der Waals surface area contributed by atoms with Gasteiger partial charge in [0.2, 0.25) is 0 Å². The second-order valence-corrected chi connectivity index (χ2v) is 5.20. The van der Waals surface area contributed by atoms with Crippen LogP contribution >= 0.6 is 0 Å². The highest BCUT2D eigenvalue weighted by Gasteiger charge is 2.16. The number of furan rings is 1. The molecule has 1 unspecified atom stereocenters. The number of hydrogen-bond donors (Lipinski definition) is 1. The molecule has 0 radical (unpaired) electrons. The lowest BCUT2D eigenvalue weighted by Crippen LogP contribution is -2.10. The molecular formula is C16H19N3O. The molecule has 1 aromatic carbocycles. The van der Waals surface area contributed by atoms with E-state index in [-0.39, 0.29) is 6.04 Å². The van der Waals surface area contributed by atoms with Gasteiger partial charge in [-0.1, -0.05) is 18.6 Å². The monoisotopic (exact) mass is 269 g/mol. The lowest BCUT2D eigenvalue weighted by Gasteiger charge is -2.04. The standard InChI is InChI=1S/C16H19N3O/c1-3-6-19-10-13(9-18-19)16(17)15-8-12-7-11(2)4-5-14(12)20-15/h4-5,7-10,16H,3,6,17H2,1-2H3. The van der Waals surface area contributed by atoms with Gasteiger partial charge < -0.3 is 10.2 Å². The first-order chi connectivity index (χ1) is 9.67. The van der Waals surface area contributed by atoms with Crippen molar-refractivity contribution >= 4 is 11.0 Å². The molecule has 20 heavy (non-hydrogen) atoms. The van der Waals surface area contributed by atoms with Crippen molar-refractivity contribution in [1.29, 1.82) is 0 Å². The van der Waals surface area contributed by atoms with Gasteiger partial charge >= 0.3 is 0 Å². The molecule has 0 bridgehead atoms. The fourth-order valence-corrected chi connectivity index (χ4v) is 2.39. The molecule has 0 spiro atoms. The van der Waals surface area contributed by atoms with E-state index in [9.17, 15) is 0 Å². The maximum atomic E-state index is 6.28. The number of nitrogens with two attached hydrogens (primary N) is 1. The van der Waals surface area contributed by atoms with Gasteiger partial charge in [0.15, 0.2) is 0 Å². The summed E-state index contributed by atoms with van der Waals surface area (Å²) < 4.78 is 7.77. The van der Waals surface area contributed by atoms with Crippen LogP contribution in [0.2, 0.25) is 0 Å². The van der Waals surface area contributed by atoms with E-state index >= 15 is 0 Å². The minimum atomic E-state index is -0.270. The Morgan fingerprint density at radius 1 is 1.35 bits per heavy atom. The van der Waals surface area contributed by atoms with E-state index in [1.165, 1.54) is 5.56 Å². The van der Waals surface area contributed by atoms with Crippen LogP contribution in [0.4, 0.5) is 0 Å². The van der Waals surface area contributed by atoms with Crippen molar-refractivity contribution in [3.63, 3.8) is 0 Å². The summed E-state index contributed by atoms with van der Waals surface area (Å²) in [6, 6.07) is 7.88. The Kier molecular flexibility index (Phi) is 3.32. The Labute approximate surface area is 118 Å². The summed E-state index contributed by atoms with van der Waals surface area (Å²) in [6.07, 6.45) is 4.87. The van der Waals surface area contributed by atoms with Gasteiger partial charge in [0, 0.05) is 23.7 Å². The molecule has 3 rings (SSSR count). The predicted octanol–water partition coefficient (Wildman–Crippen LogP) is 3.40. The van der Waals surface area contributed by atoms with Crippen LogP contribution in [-0.4, -0.2) is 9.78 Å². The van der Waals surface area contributed by atoms with Gasteiger partial charge in [-0.25, -0.2) is 0 Å². The van der Waals surface area contributed by atoms with Crippen molar-refractivity contribution in [3.05, 3.63) is 53.5 Å². The lowest BCUT2D eigenvalue weighted by molar-refractivity contribution is 0.524. The smallest absolute Gasteiger partial charge is 0.134 e. The molecule has 0 saturated carbocycles. The van der Waals surface area contributed by atoms with Crippen molar-refractivity contribution < 1.29 is 4.42 Å². The Balaban J connectivity index is 1.92. The fourth-order valence-electron chi connectivity index (χ4n) is 2.39. The Hall–Kier alpha value is -2.07. The Morgan fingerprint density at radius 3 is 3.00 bits per heavy atom. The van der Waals surface area contributed by atoms with Gasteiger partial charge in [-0.3, -0.25) is 4.68 Å². The van der Waals surface area contributed by atoms with Crippen LogP contribution in [0.5, 0.6) is 0 Å². The van der Waals surface area contributed by atoms with E-state index in [1.807, 2.05) is 35.3 Å². The minimum Gasteiger partial charge on any atom is -0.459 e. The summed E-state index contributed by atoms with van der Waals surface area (Å²) in [4.78, 5) is 0. The van der Waals surface area contributed by atoms with Crippen molar-refractivity contribution in [2.75, 3.05) is 0 Å². The van der Waals surface area contributed by atoms with Crippen molar-refractivity contribution in [3.8, 4) is 0 Å². The van der Waals surface area contributed by atoms with E-state index in [4.69, 9.17) is 10.2 Å². The van der Waals surface area contributed by atoms with E-state index in [2.05, 4.69) is 25.0 Å². The third-order valence-corrected chi connectivity index (χ3v) is 3.46. The highest BCUT2D eigenvalue weighted by atomic mass is 16.3. The zero-order chi connectivity index (χ0) is 14.1. The number of fused-ring (bicyclic) bond motifs is 1. The van der Waals surface area contributed by atoms with Crippen LogP contribution < -0.4 is 5.73 Å². The van der Waals surface area contributed by atoms with Crippen LogP contribution in [0.25, 0.3) is 11.0 Å². The fraction of sp³-hybridized carbons (Fsp3) is 0.312. The molecular weight excluding hydrogens is 250 g/mol. The topological polar surface area (TPSA) is 57.0 Å². The van der Waals surface area contributed by atoms with Crippen molar-refractivity contribution in [2.45, 2.75) is 32.9 Å². The average molecular weight is 269 g/mol. The quantitative estimate of drug-likeness (QED) is 0.789. The molecule has 1 atom stereocenters. The number of hydrogen-bond acceptors (Lipinski definition) is 3. The number of rotatable bonds is 4. The van der Waals surface area contributed by atoms with Gasteiger partial charge in [0.25, 0.3) is 0 Å². The molecule has 2 heterocycles. The number of aromatic nitrogens is 2. The average Bonchev–Trinajstić information content (AvgIpc) is 3.04. The Bertz CT molecular complexity index is 726. The third-order valence-electron chi connectivity index (χ3n) is 3.46. The van der Waals surface area contributed by atoms with Crippen molar-refractivity contribution in [2.24, 2.45) is 5.73 Å². The first-order valence-corrected chi connectivity index (χ1v) is 6.95. The molecule has 0 amide bonds. The maximum absolute atomic E-state index is 6.28. The number of nitrogens with zero attached hydrogens (tertiary/aromatic N) is 2. The first-order valence-electron chi connectivity index (χ1n) is 6.95. The van der Waals surface area contributed by atoms with Crippen molar-refractivity contribution in [1.82, 2.24) is 9.78 Å². The molecule has 3 aromatic rings. The minimum absolute atomic E-state index is 0.270. The Morgan fingerprint density at radius 2 is 2.20 bits per heavy atom. The zero-order valence-electron chi connectivity index (χ0n) is 11.8. The summed E-state index contributed by atoms with van der Waals surface area (Å²) in [5, 5.41) is 5.41. The summed E-state index contributed by atoms with van der Waals surface area (Å²) >= 11 is 0. The molecule has 0 aliphatic rings. The maximum Gasteiger partial charge on any atom is 0.134 e. The SMILES string of the molecule is CCCn1cc(C(N)c2cc3cc(C)ccc3o2)cn1. The number of aryl methyl sites for hydroxylation is 2. The van der Waals surface area contributed by atoms with Gasteiger partial charge in [-0.2, -0.15) is 5.10 Å². The highest BCUT2D eigenvalue weighted by Crippen LogP contribution is 2.27. The summed E-state index contributed by atoms with van der Waals surface area (Å²) in [6.45, 7) is 5.11. The van der Waals surface area contributed by atoms with E-state index < -0.39 is 0 Å². The van der Waals surface area contributed by atoms with Gasteiger partial charge in [0.05, 0.1) is 12.2 Å². The first kappa shape index (κ1) is 12.9. The molecule has 0 aliphatic carbocycles. The summed E-state index contributed by atoms with van der Waals surface area (Å²) in [5.41, 5.74) is 9.36. The van der Waals surface area contributed by atoms with Gasteiger partial charge in [-0.15, -0.1) is 0 Å². The van der Waals surface area contributed by atoms with Crippen LogP contribution in [0, 0.1) is 6.92 Å². The van der Waals surface area contributed by atoms with Crippen LogP contribution in [0.15, 0.2) is 41.1 Å². The van der Waals surface area contributed by atoms with Crippen LogP contribution in [0.3, 0.4) is 0 Å². The molecule has 2 N–H and O–H groups in total. The summed E-state index contributed by atoms with van der Waals surface area (Å²) in [5.74, 6) is 0.779. The van der Waals surface area contributed by atoms with Gasteiger partial charge in [0.1, 0.15) is 11.3 Å². The molecule has 0 fully saturated rings. The summed E-state index contributed by atoms with van der Waals surface area (Å²) in [7, 11) is 0. The number of benzene rings is 1. The molecule has 4 heteroatoms. The second kappa shape index (κ2) is 5.13. The molecule has 2 aromatic heterocycles. The van der Waals surface area contributed by atoms with E-state index in [1.54, 1.807) is 0 Å². The lowest BCUT2D eigenvalue weighted by atomic mass is 10.1. The largest absolute Gasteiger partial charge is 0.459 e. The predicted molar refractivity (Wildman–Crippen MR) is 79.5 cm³/mol. The molecule has 104 valence electrons. The molecule has 0 saturated heterocycles.